The van der Waals surface area contributed by atoms with Crippen LogP contribution in [-0.4, -0.2) is 21.2 Å². The summed E-state index contributed by atoms with van der Waals surface area (Å²) in [4.78, 5) is 5.29. The van der Waals surface area contributed by atoms with Crippen LogP contribution < -0.4 is 5.32 Å². The molecule has 5 heteroatoms. The highest BCUT2D eigenvalue weighted by Gasteiger charge is 2.27. The van der Waals surface area contributed by atoms with E-state index in [9.17, 15) is 0 Å². The van der Waals surface area contributed by atoms with Crippen molar-refractivity contribution in [2.45, 2.75) is 55.6 Å². The van der Waals surface area contributed by atoms with Crippen molar-refractivity contribution < 1.29 is 0 Å². The molecule has 1 atom stereocenters. The topological polar surface area (TPSA) is 53.6 Å². The lowest BCUT2D eigenvalue weighted by Crippen LogP contribution is -2.31. The van der Waals surface area contributed by atoms with Gasteiger partial charge in [0.15, 0.2) is 5.16 Å². The van der Waals surface area contributed by atoms with Crippen molar-refractivity contribution in [3.05, 3.63) is 30.6 Å². The Balaban J connectivity index is 1.59. The highest BCUT2D eigenvalue weighted by Crippen LogP contribution is 2.36. The largest absolute Gasteiger partial charge is 0.382 e. The average Bonchev–Trinajstić information content (AvgIpc) is 2.93. The molecule has 1 aromatic carbocycles. The summed E-state index contributed by atoms with van der Waals surface area (Å²) in [5, 5.41) is 11.2. The van der Waals surface area contributed by atoms with Crippen LogP contribution in [-0.2, 0) is 0 Å². The van der Waals surface area contributed by atoms with Crippen molar-refractivity contribution in [3.63, 3.8) is 0 Å². The Bertz CT molecular complexity index is 562. The Labute approximate surface area is 130 Å². The van der Waals surface area contributed by atoms with E-state index in [2.05, 4.69) is 58.6 Å². The lowest BCUT2D eigenvalue weighted by atomic mass is 9.75. The molecule has 1 heterocycles. The van der Waals surface area contributed by atoms with Gasteiger partial charge in [-0.15, -0.1) is 0 Å². The molecule has 1 aliphatic rings. The van der Waals surface area contributed by atoms with Crippen LogP contribution in [0.3, 0.4) is 0 Å². The zero-order valence-electron chi connectivity index (χ0n) is 12.6. The SMILES string of the molecule is CC1(C)CCCC(Nc2ccc(Sc3ncn[nH]3)cc2)C1. The molecule has 1 unspecified atom stereocenters. The van der Waals surface area contributed by atoms with Gasteiger partial charge in [-0.05, 0) is 48.9 Å². The smallest absolute Gasteiger partial charge is 0.188 e. The second-order valence-corrected chi connectivity index (χ2v) is 7.58. The number of aromatic nitrogens is 3. The third-order valence-electron chi connectivity index (χ3n) is 4.04. The van der Waals surface area contributed by atoms with Crippen LogP contribution in [0.25, 0.3) is 0 Å². The summed E-state index contributed by atoms with van der Waals surface area (Å²) in [5.41, 5.74) is 1.68. The average molecular weight is 302 g/mol. The van der Waals surface area contributed by atoms with Gasteiger partial charge in [0.2, 0.25) is 0 Å². The Morgan fingerprint density at radius 2 is 2.10 bits per heavy atom. The van der Waals surface area contributed by atoms with Crippen molar-refractivity contribution in [1.82, 2.24) is 15.2 Å². The summed E-state index contributed by atoms with van der Waals surface area (Å²) in [7, 11) is 0. The minimum absolute atomic E-state index is 0.470. The lowest BCUT2D eigenvalue weighted by Gasteiger charge is -2.36. The Kier molecular flexibility index (Phi) is 4.19. The molecule has 112 valence electrons. The van der Waals surface area contributed by atoms with Gasteiger partial charge >= 0.3 is 0 Å². The molecule has 3 rings (SSSR count). The first-order valence-electron chi connectivity index (χ1n) is 7.51. The van der Waals surface area contributed by atoms with E-state index in [4.69, 9.17) is 0 Å². The molecule has 0 spiro atoms. The summed E-state index contributed by atoms with van der Waals surface area (Å²) < 4.78 is 0. The highest BCUT2D eigenvalue weighted by atomic mass is 32.2. The summed E-state index contributed by atoms with van der Waals surface area (Å²) in [6.45, 7) is 4.75. The zero-order chi connectivity index (χ0) is 14.7. The fourth-order valence-electron chi connectivity index (χ4n) is 3.03. The van der Waals surface area contributed by atoms with E-state index >= 15 is 0 Å². The summed E-state index contributed by atoms with van der Waals surface area (Å²) >= 11 is 1.59. The van der Waals surface area contributed by atoms with Gasteiger partial charge in [0, 0.05) is 16.6 Å². The van der Waals surface area contributed by atoms with Crippen LogP contribution in [0.4, 0.5) is 5.69 Å². The number of nitrogens with one attached hydrogen (secondary N) is 2. The standard InChI is InChI=1S/C16H22N4S/c1-16(2)9-3-4-13(10-16)19-12-5-7-14(8-6-12)21-15-17-11-18-20-15/h5-8,11,13,19H,3-4,9-10H2,1-2H3,(H,17,18,20). The zero-order valence-corrected chi connectivity index (χ0v) is 13.4. The number of anilines is 1. The molecule has 1 aromatic heterocycles. The van der Waals surface area contributed by atoms with E-state index in [0.717, 1.165) is 5.16 Å². The van der Waals surface area contributed by atoms with Crippen LogP contribution in [0.5, 0.6) is 0 Å². The summed E-state index contributed by atoms with van der Waals surface area (Å²) in [6, 6.07) is 9.16. The van der Waals surface area contributed by atoms with Gasteiger partial charge in [0.1, 0.15) is 6.33 Å². The lowest BCUT2D eigenvalue weighted by molar-refractivity contribution is 0.229. The molecule has 1 saturated carbocycles. The molecule has 0 radical (unpaired) electrons. The van der Waals surface area contributed by atoms with Crippen LogP contribution in [0, 0.1) is 5.41 Å². The van der Waals surface area contributed by atoms with Crippen molar-refractivity contribution in [1.29, 1.82) is 0 Å². The van der Waals surface area contributed by atoms with Gasteiger partial charge in [0.05, 0.1) is 0 Å². The van der Waals surface area contributed by atoms with E-state index in [-0.39, 0.29) is 0 Å². The minimum Gasteiger partial charge on any atom is -0.382 e. The van der Waals surface area contributed by atoms with Crippen molar-refractivity contribution in [2.75, 3.05) is 5.32 Å². The molecule has 4 nitrogen and oxygen atoms in total. The molecular weight excluding hydrogens is 280 g/mol. The Morgan fingerprint density at radius 3 is 2.76 bits per heavy atom. The molecular formula is C16H22N4S. The molecule has 1 fully saturated rings. The predicted octanol–water partition coefficient (Wildman–Crippen LogP) is 4.34. The maximum absolute atomic E-state index is 4.12. The Hall–Kier alpha value is -1.49. The van der Waals surface area contributed by atoms with E-state index in [0.29, 0.717) is 11.5 Å². The maximum atomic E-state index is 4.12. The first-order valence-corrected chi connectivity index (χ1v) is 8.32. The monoisotopic (exact) mass is 302 g/mol. The molecule has 0 amide bonds. The molecule has 0 aliphatic heterocycles. The van der Waals surface area contributed by atoms with Crippen molar-refractivity contribution in [3.8, 4) is 0 Å². The number of nitrogens with zero attached hydrogens (tertiary/aromatic N) is 2. The number of rotatable bonds is 4. The van der Waals surface area contributed by atoms with E-state index in [1.54, 1.807) is 11.8 Å². The number of hydrogen-bond acceptors (Lipinski definition) is 4. The molecule has 0 bridgehead atoms. The normalized spacial score (nSPS) is 21.1. The van der Waals surface area contributed by atoms with Gasteiger partial charge < -0.3 is 5.32 Å². The second-order valence-electron chi connectivity index (χ2n) is 6.52. The molecule has 1 aliphatic carbocycles. The first-order chi connectivity index (χ1) is 10.1. The van der Waals surface area contributed by atoms with E-state index in [1.807, 2.05) is 0 Å². The van der Waals surface area contributed by atoms with Gasteiger partial charge in [-0.25, -0.2) is 4.98 Å². The minimum atomic E-state index is 0.470. The quantitative estimate of drug-likeness (QED) is 0.882. The molecule has 21 heavy (non-hydrogen) atoms. The van der Waals surface area contributed by atoms with E-state index < -0.39 is 0 Å². The summed E-state index contributed by atoms with van der Waals surface area (Å²) in [6.07, 6.45) is 6.73. The van der Waals surface area contributed by atoms with Crippen molar-refractivity contribution >= 4 is 17.4 Å². The van der Waals surface area contributed by atoms with Crippen LogP contribution in [0.15, 0.2) is 40.6 Å². The number of aromatic amines is 1. The predicted molar refractivity (Wildman–Crippen MR) is 86.6 cm³/mol. The van der Waals surface area contributed by atoms with Crippen LogP contribution in [0.1, 0.15) is 39.5 Å². The van der Waals surface area contributed by atoms with Gasteiger partial charge in [-0.3, -0.25) is 5.10 Å². The van der Waals surface area contributed by atoms with Gasteiger partial charge in [-0.2, -0.15) is 5.10 Å². The van der Waals surface area contributed by atoms with Crippen LogP contribution in [0.2, 0.25) is 0 Å². The molecule has 2 N–H and O–H groups in total. The third kappa shape index (κ3) is 4.00. The fraction of sp³-hybridized carbons (Fsp3) is 0.500. The molecule has 2 aromatic rings. The highest BCUT2D eigenvalue weighted by molar-refractivity contribution is 7.99. The van der Waals surface area contributed by atoms with Gasteiger partial charge in [0.25, 0.3) is 0 Å². The third-order valence-corrected chi connectivity index (χ3v) is 4.94. The number of hydrogen-bond donors (Lipinski definition) is 2. The number of benzene rings is 1. The Morgan fingerprint density at radius 1 is 1.29 bits per heavy atom. The number of H-pyrrole nitrogens is 1. The molecule has 0 saturated heterocycles. The first kappa shape index (κ1) is 14.4. The van der Waals surface area contributed by atoms with Gasteiger partial charge in [-0.1, -0.05) is 32.0 Å². The summed E-state index contributed by atoms with van der Waals surface area (Å²) in [5.74, 6) is 0. The van der Waals surface area contributed by atoms with Crippen LogP contribution >= 0.6 is 11.8 Å². The fourth-order valence-corrected chi connectivity index (χ4v) is 3.72. The maximum Gasteiger partial charge on any atom is 0.188 e. The van der Waals surface area contributed by atoms with E-state index in [1.165, 1.54) is 42.6 Å². The van der Waals surface area contributed by atoms with Crippen molar-refractivity contribution in [2.24, 2.45) is 5.41 Å². The second kappa shape index (κ2) is 6.10.